The van der Waals surface area contributed by atoms with Gasteiger partial charge in [0.2, 0.25) is 17.7 Å². The Balaban J connectivity index is 2.13. The molecule has 0 spiro atoms. The lowest BCUT2D eigenvalue weighted by molar-refractivity contribution is -0.140. The first-order chi connectivity index (χ1) is 14.7. The molecule has 0 bridgehead atoms. The summed E-state index contributed by atoms with van der Waals surface area (Å²) >= 11 is 6.72. The maximum Gasteiger partial charge on any atom is 0.246 e. The van der Waals surface area contributed by atoms with Crippen molar-refractivity contribution in [2.75, 3.05) is 18.6 Å². The molecule has 1 aromatic rings. The van der Waals surface area contributed by atoms with Crippen LogP contribution >= 0.6 is 24.0 Å². The van der Waals surface area contributed by atoms with Gasteiger partial charge in [-0.2, -0.15) is 11.8 Å². The lowest BCUT2D eigenvalue weighted by Gasteiger charge is -2.30. The molecule has 0 radical (unpaired) electrons. The minimum absolute atomic E-state index is 0.146. The van der Waals surface area contributed by atoms with Gasteiger partial charge in [0.15, 0.2) is 0 Å². The smallest absolute Gasteiger partial charge is 0.246 e. The topological polar surface area (TPSA) is 125 Å². The van der Waals surface area contributed by atoms with E-state index in [1.807, 2.05) is 6.26 Å². The maximum absolute atomic E-state index is 13.3. The fourth-order valence-corrected chi connectivity index (χ4v) is 4.22. The molecule has 0 aromatic heterocycles. The number of hydrogen-bond acceptors (Lipinski definition) is 6. The molecule has 3 amide bonds. The molecule has 1 aromatic carbocycles. The Bertz CT molecular complexity index is 803. The standard InChI is InChI=1S/C21H30N4O4S2/c1-13(30)23-17(12-14-5-7-15(26)8-6-14)21(29)25-10-3-4-18(25)20(28)24-16(19(22)27)9-11-31-2/h5-8,16-18,26H,3-4,9-12H2,1-2H3,(H2,22,27)(H,23,30)(H,24,28)/t16-,17-,18-/m0/s1. The van der Waals surface area contributed by atoms with Crippen molar-refractivity contribution < 1.29 is 19.5 Å². The second-order valence-corrected chi connectivity index (χ2v) is 9.16. The van der Waals surface area contributed by atoms with Gasteiger partial charge in [-0.3, -0.25) is 14.4 Å². The average Bonchev–Trinajstić information content (AvgIpc) is 3.21. The van der Waals surface area contributed by atoms with E-state index in [1.54, 1.807) is 47.9 Å². The lowest BCUT2D eigenvalue weighted by Crippen LogP contribution is -2.56. The number of phenolic OH excluding ortho intramolecular Hbond substituents is 1. The molecular formula is C21H30N4O4S2. The Morgan fingerprint density at radius 1 is 1.26 bits per heavy atom. The first kappa shape index (κ1) is 24.9. The molecule has 8 nitrogen and oxygen atoms in total. The molecule has 1 saturated heterocycles. The third-order valence-electron chi connectivity index (χ3n) is 5.16. The lowest BCUT2D eigenvalue weighted by atomic mass is 10.0. The minimum atomic E-state index is -0.758. The number of carbonyl (C=O) groups is 3. The number of phenols is 1. The second kappa shape index (κ2) is 11.9. The second-order valence-electron chi connectivity index (χ2n) is 7.56. The number of thiocarbonyl (C=S) groups is 1. The van der Waals surface area contributed by atoms with Crippen LogP contribution in [0.3, 0.4) is 0 Å². The fourth-order valence-electron chi connectivity index (χ4n) is 3.61. The monoisotopic (exact) mass is 466 g/mol. The molecule has 0 saturated carbocycles. The van der Waals surface area contributed by atoms with Crippen LogP contribution in [0.25, 0.3) is 0 Å². The van der Waals surface area contributed by atoms with Gasteiger partial charge in [-0.15, -0.1) is 0 Å². The Hall–Kier alpha value is -2.33. The average molecular weight is 467 g/mol. The number of nitrogens with two attached hydrogens (primary N) is 1. The van der Waals surface area contributed by atoms with Crippen molar-refractivity contribution in [1.29, 1.82) is 0 Å². The number of benzene rings is 1. The van der Waals surface area contributed by atoms with Crippen LogP contribution in [0.15, 0.2) is 24.3 Å². The van der Waals surface area contributed by atoms with Gasteiger partial charge in [-0.1, -0.05) is 24.4 Å². The van der Waals surface area contributed by atoms with E-state index in [2.05, 4.69) is 10.6 Å². The number of likely N-dealkylation sites (tertiary alicyclic amines) is 1. The minimum Gasteiger partial charge on any atom is -0.508 e. The molecular weight excluding hydrogens is 436 g/mol. The van der Waals surface area contributed by atoms with Gasteiger partial charge < -0.3 is 26.4 Å². The predicted molar refractivity (Wildman–Crippen MR) is 126 cm³/mol. The largest absolute Gasteiger partial charge is 0.508 e. The summed E-state index contributed by atoms with van der Waals surface area (Å²) in [5.74, 6) is -0.338. The van der Waals surface area contributed by atoms with Crippen molar-refractivity contribution in [1.82, 2.24) is 15.5 Å². The van der Waals surface area contributed by atoms with E-state index in [0.29, 0.717) is 43.0 Å². The normalized spacial score (nSPS) is 17.6. The molecule has 1 heterocycles. The van der Waals surface area contributed by atoms with E-state index >= 15 is 0 Å². The number of rotatable bonds is 10. The summed E-state index contributed by atoms with van der Waals surface area (Å²) in [7, 11) is 0. The molecule has 1 fully saturated rings. The van der Waals surface area contributed by atoms with Crippen LogP contribution in [0.5, 0.6) is 5.75 Å². The summed E-state index contributed by atoms with van der Waals surface area (Å²) in [6, 6.07) is 4.56. The number of primary amides is 1. The SMILES string of the molecule is CSCC[C@H](NC(=O)[C@@H]1CCCN1C(=O)[C@H](Cc1ccc(O)cc1)NC(C)=S)C(N)=O. The molecule has 1 aliphatic heterocycles. The summed E-state index contributed by atoms with van der Waals surface area (Å²) in [5.41, 5.74) is 6.29. The van der Waals surface area contributed by atoms with Crippen LogP contribution in [0.2, 0.25) is 0 Å². The van der Waals surface area contributed by atoms with E-state index in [9.17, 15) is 19.5 Å². The zero-order valence-corrected chi connectivity index (χ0v) is 19.4. The highest BCUT2D eigenvalue weighted by Gasteiger charge is 2.38. The summed E-state index contributed by atoms with van der Waals surface area (Å²) in [4.78, 5) is 40.0. The molecule has 0 unspecified atom stereocenters. The number of amides is 3. The molecule has 1 aliphatic rings. The Kier molecular flexibility index (Phi) is 9.57. The van der Waals surface area contributed by atoms with Crippen molar-refractivity contribution in [3.63, 3.8) is 0 Å². The predicted octanol–water partition coefficient (Wildman–Crippen LogP) is 0.954. The van der Waals surface area contributed by atoms with Crippen molar-refractivity contribution in [3.8, 4) is 5.75 Å². The van der Waals surface area contributed by atoms with Gasteiger partial charge in [-0.05, 0) is 55.9 Å². The fraction of sp³-hybridized carbons (Fsp3) is 0.524. The van der Waals surface area contributed by atoms with Crippen molar-refractivity contribution in [3.05, 3.63) is 29.8 Å². The van der Waals surface area contributed by atoms with Gasteiger partial charge in [0.25, 0.3) is 0 Å². The van der Waals surface area contributed by atoms with Gasteiger partial charge in [0.05, 0.1) is 4.99 Å². The van der Waals surface area contributed by atoms with Crippen LogP contribution in [0.1, 0.15) is 31.7 Å². The highest BCUT2D eigenvalue weighted by atomic mass is 32.2. The van der Waals surface area contributed by atoms with E-state index in [4.69, 9.17) is 18.0 Å². The highest BCUT2D eigenvalue weighted by molar-refractivity contribution is 7.98. The van der Waals surface area contributed by atoms with Gasteiger partial charge in [0, 0.05) is 13.0 Å². The summed E-state index contributed by atoms with van der Waals surface area (Å²) in [5, 5.41) is 15.2. The third-order valence-corrected chi connectivity index (χ3v) is 5.92. The first-order valence-electron chi connectivity index (χ1n) is 10.2. The Morgan fingerprint density at radius 3 is 2.52 bits per heavy atom. The number of carbonyl (C=O) groups excluding carboxylic acids is 3. The Labute approximate surface area is 192 Å². The zero-order valence-electron chi connectivity index (χ0n) is 17.8. The van der Waals surface area contributed by atoms with E-state index in [-0.39, 0.29) is 17.6 Å². The molecule has 3 atom stereocenters. The molecule has 10 heteroatoms. The molecule has 170 valence electrons. The van der Waals surface area contributed by atoms with Gasteiger partial charge in [-0.25, -0.2) is 0 Å². The third kappa shape index (κ3) is 7.39. The molecule has 2 rings (SSSR count). The van der Waals surface area contributed by atoms with Gasteiger partial charge >= 0.3 is 0 Å². The highest BCUT2D eigenvalue weighted by Crippen LogP contribution is 2.21. The number of nitrogens with zero attached hydrogens (tertiary/aromatic N) is 1. The number of hydrogen-bond donors (Lipinski definition) is 4. The molecule has 5 N–H and O–H groups in total. The van der Waals surface area contributed by atoms with E-state index in [0.717, 1.165) is 5.56 Å². The van der Waals surface area contributed by atoms with E-state index < -0.39 is 24.0 Å². The van der Waals surface area contributed by atoms with E-state index in [1.165, 1.54) is 0 Å². The van der Waals surface area contributed by atoms with Crippen LogP contribution in [-0.4, -0.2) is 69.4 Å². The molecule has 31 heavy (non-hydrogen) atoms. The van der Waals surface area contributed by atoms with Crippen molar-refractivity contribution >= 4 is 46.7 Å². The molecule has 0 aliphatic carbocycles. The van der Waals surface area contributed by atoms with Gasteiger partial charge in [0.1, 0.15) is 23.9 Å². The van der Waals surface area contributed by atoms with Crippen LogP contribution in [-0.2, 0) is 20.8 Å². The first-order valence-corrected chi connectivity index (χ1v) is 12.0. The summed E-state index contributed by atoms with van der Waals surface area (Å²) in [6.07, 6.45) is 3.93. The van der Waals surface area contributed by atoms with Crippen LogP contribution in [0, 0.1) is 0 Å². The van der Waals surface area contributed by atoms with Crippen molar-refractivity contribution in [2.45, 2.75) is 50.7 Å². The zero-order chi connectivity index (χ0) is 23.0. The number of aromatic hydroxyl groups is 1. The summed E-state index contributed by atoms with van der Waals surface area (Å²) < 4.78 is 0. The quantitative estimate of drug-likeness (QED) is 0.379. The van der Waals surface area contributed by atoms with Crippen LogP contribution < -0.4 is 16.4 Å². The summed E-state index contributed by atoms with van der Waals surface area (Å²) in [6.45, 7) is 2.15. The van der Waals surface area contributed by atoms with Crippen LogP contribution in [0.4, 0.5) is 0 Å². The Morgan fingerprint density at radius 2 is 1.94 bits per heavy atom. The maximum atomic E-state index is 13.3. The number of thioether (sulfide) groups is 1. The number of nitrogens with one attached hydrogen (secondary N) is 2. The van der Waals surface area contributed by atoms with Crippen molar-refractivity contribution in [2.24, 2.45) is 5.73 Å².